The van der Waals surface area contributed by atoms with Crippen molar-refractivity contribution >= 4 is 21.6 Å². The van der Waals surface area contributed by atoms with Gasteiger partial charge in [0, 0.05) is 12.2 Å². The average molecular weight is 441 g/mol. The Morgan fingerprint density at radius 3 is 2.29 bits per heavy atom. The van der Waals surface area contributed by atoms with Crippen LogP contribution in [0, 0.1) is 19.8 Å². The van der Waals surface area contributed by atoms with Gasteiger partial charge in [0.25, 0.3) is 10.0 Å². The van der Waals surface area contributed by atoms with E-state index in [0.717, 1.165) is 36.1 Å². The fraction of sp³-hybridized carbons (Fsp3) is 0.480. The Hall–Kier alpha value is -2.34. The molecule has 0 aromatic heterocycles. The van der Waals surface area contributed by atoms with Crippen molar-refractivity contribution in [3.8, 4) is 0 Å². The lowest BCUT2D eigenvalue weighted by molar-refractivity contribution is -0.123. The highest BCUT2D eigenvalue weighted by atomic mass is 32.2. The van der Waals surface area contributed by atoms with E-state index in [9.17, 15) is 13.2 Å². The van der Waals surface area contributed by atoms with Crippen LogP contribution in [0.25, 0.3) is 0 Å². The van der Waals surface area contributed by atoms with Crippen LogP contribution in [0.1, 0.15) is 61.6 Å². The first-order valence-corrected chi connectivity index (χ1v) is 12.8. The van der Waals surface area contributed by atoms with E-state index in [1.807, 2.05) is 25.1 Å². The number of aryl methyl sites for hydroxylation is 2. The predicted octanol–water partition coefficient (Wildman–Crippen LogP) is 4.83. The van der Waals surface area contributed by atoms with Crippen molar-refractivity contribution in [1.82, 2.24) is 5.32 Å². The zero-order chi connectivity index (χ0) is 22.1. The fourth-order valence-electron chi connectivity index (χ4n) is 4.74. The highest BCUT2D eigenvalue weighted by Gasteiger charge is 2.51. The molecule has 0 bridgehead atoms. The van der Waals surface area contributed by atoms with Gasteiger partial charge in [0.15, 0.2) is 0 Å². The average Bonchev–Trinajstić information content (AvgIpc) is 3.55. The maximum atomic E-state index is 12.9. The number of rotatable bonds is 7. The highest BCUT2D eigenvalue weighted by Crippen LogP contribution is 2.48. The van der Waals surface area contributed by atoms with Gasteiger partial charge in [-0.3, -0.25) is 9.52 Å². The second kappa shape index (κ2) is 8.65. The van der Waals surface area contributed by atoms with E-state index in [1.165, 1.54) is 32.1 Å². The molecule has 0 spiro atoms. The lowest BCUT2D eigenvalue weighted by Crippen LogP contribution is -2.38. The highest BCUT2D eigenvalue weighted by molar-refractivity contribution is 7.92. The van der Waals surface area contributed by atoms with Gasteiger partial charge in [0.05, 0.1) is 10.3 Å². The molecule has 2 N–H and O–H groups in total. The van der Waals surface area contributed by atoms with Crippen LogP contribution in [0.4, 0.5) is 5.69 Å². The first kappa shape index (κ1) is 21.9. The van der Waals surface area contributed by atoms with E-state index in [1.54, 1.807) is 31.2 Å². The summed E-state index contributed by atoms with van der Waals surface area (Å²) in [4.78, 5) is 13.2. The molecule has 0 heterocycles. The van der Waals surface area contributed by atoms with Gasteiger partial charge >= 0.3 is 0 Å². The van der Waals surface area contributed by atoms with Gasteiger partial charge in [-0.25, -0.2) is 8.42 Å². The van der Waals surface area contributed by atoms with Crippen LogP contribution in [0.15, 0.2) is 47.4 Å². The Bertz CT molecular complexity index is 1050. The van der Waals surface area contributed by atoms with Gasteiger partial charge in [0.1, 0.15) is 0 Å². The van der Waals surface area contributed by atoms with Crippen molar-refractivity contribution < 1.29 is 13.2 Å². The van der Waals surface area contributed by atoms with Crippen LogP contribution in [0.2, 0.25) is 0 Å². The second-order valence-electron chi connectivity index (χ2n) is 9.25. The third kappa shape index (κ3) is 4.79. The summed E-state index contributed by atoms with van der Waals surface area (Å²) < 4.78 is 28.3. The molecule has 2 aromatic rings. The number of hydrogen-bond acceptors (Lipinski definition) is 3. The first-order chi connectivity index (χ1) is 14.8. The second-order valence-corrected chi connectivity index (χ2v) is 10.9. The molecule has 2 fully saturated rings. The minimum absolute atomic E-state index is 0.113. The number of amides is 1. The molecule has 0 aliphatic heterocycles. The van der Waals surface area contributed by atoms with Crippen molar-refractivity contribution in [3.05, 3.63) is 59.2 Å². The Labute approximate surface area is 185 Å². The number of benzene rings is 2. The normalized spacial score (nSPS) is 18.4. The van der Waals surface area contributed by atoms with Crippen molar-refractivity contribution in [2.45, 2.75) is 69.1 Å². The monoisotopic (exact) mass is 440 g/mol. The number of sulfonamides is 1. The summed E-state index contributed by atoms with van der Waals surface area (Å²) in [6.07, 6.45) is 7.96. The first-order valence-electron chi connectivity index (χ1n) is 11.3. The summed E-state index contributed by atoms with van der Waals surface area (Å²) in [5.74, 6) is 0.720. The van der Waals surface area contributed by atoms with Crippen LogP contribution in [0.3, 0.4) is 0 Å². The molecular formula is C25H32N2O3S. The molecule has 2 aliphatic carbocycles. The molecule has 2 aliphatic rings. The topological polar surface area (TPSA) is 75.3 Å². The van der Waals surface area contributed by atoms with E-state index in [4.69, 9.17) is 0 Å². The summed E-state index contributed by atoms with van der Waals surface area (Å²) in [5.41, 5.74) is 2.76. The molecule has 1 amide bonds. The molecule has 6 heteroatoms. The predicted molar refractivity (Wildman–Crippen MR) is 124 cm³/mol. The quantitative estimate of drug-likeness (QED) is 0.647. The van der Waals surface area contributed by atoms with Gasteiger partial charge in [-0.2, -0.15) is 0 Å². The van der Waals surface area contributed by atoms with Crippen LogP contribution in [0.5, 0.6) is 0 Å². The van der Waals surface area contributed by atoms with Gasteiger partial charge in [-0.15, -0.1) is 0 Å². The molecule has 0 atom stereocenters. The summed E-state index contributed by atoms with van der Waals surface area (Å²) in [6.45, 7) is 4.51. The maximum absolute atomic E-state index is 12.9. The molecule has 0 radical (unpaired) electrons. The Balaban J connectivity index is 1.42. The third-order valence-electron chi connectivity index (χ3n) is 6.77. The minimum atomic E-state index is -3.66. The Morgan fingerprint density at radius 2 is 1.68 bits per heavy atom. The molecule has 0 saturated heterocycles. The van der Waals surface area contributed by atoms with Crippen molar-refractivity contribution in [2.24, 2.45) is 5.92 Å². The van der Waals surface area contributed by atoms with E-state index >= 15 is 0 Å². The van der Waals surface area contributed by atoms with Crippen LogP contribution >= 0.6 is 0 Å². The summed E-state index contributed by atoms with van der Waals surface area (Å²) >= 11 is 0. The van der Waals surface area contributed by atoms with Gasteiger partial charge in [-0.1, -0.05) is 49.1 Å². The number of nitrogens with one attached hydrogen (secondary N) is 2. The molecule has 0 unspecified atom stereocenters. The summed E-state index contributed by atoms with van der Waals surface area (Å²) in [6, 6.07) is 12.6. The number of anilines is 1. The molecule has 2 saturated carbocycles. The van der Waals surface area contributed by atoms with Crippen molar-refractivity contribution in [2.75, 3.05) is 11.3 Å². The maximum Gasteiger partial charge on any atom is 0.262 e. The van der Waals surface area contributed by atoms with E-state index < -0.39 is 15.4 Å². The number of carbonyl (C=O) groups is 1. The smallest absolute Gasteiger partial charge is 0.262 e. The Morgan fingerprint density at radius 1 is 1.00 bits per heavy atom. The molecule has 4 rings (SSSR count). The molecular weight excluding hydrogens is 408 g/mol. The molecule has 31 heavy (non-hydrogen) atoms. The third-order valence-corrected chi connectivity index (χ3v) is 8.31. The Kier molecular flexibility index (Phi) is 6.11. The minimum Gasteiger partial charge on any atom is -0.355 e. The lowest BCUT2D eigenvalue weighted by Gasteiger charge is -2.23. The van der Waals surface area contributed by atoms with Crippen LogP contribution in [-0.4, -0.2) is 20.9 Å². The van der Waals surface area contributed by atoms with Crippen molar-refractivity contribution in [3.63, 3.8) is 0 Å². The SMILES string of the molecule is Cc1ccc(S(=O)(=O)Nc2ccc(C3(C(=O)NCC4CCCCC4)CC3)cc2)c(C)c1. The molecule has 166 valence electrons. The van der Waals surface area contributed by atoms with Crippen LogP contribution in [-0.2, 0) is 20.2 Å². The van der Waals surface area contributed by atoms with Gasteiger partial charge in [-0.05, 0) is 74.8 Å². The van der Waals surface area contributed by atoms with E-state index in [-0.39, 0.29) is 10.8 Å². The van der Waals surface area contributed by atoms with Crippen molar-refractivity contribution in [1.29, 1.82) is 0 Å². The van der Waals surface area contributed by atoms with Gasteiger partial charge in [0.2, 0.25) is 5.91 Å². The summed E-state index contributed by atoms with van der Waals surface area (Å²) in [7, 11) is -3.66. The van der Waals surface area contributed by atoms with Gasteiger partial charge < -0.3 is 5.32 Å². The number of carbonyl (C=O) groups excluding carboxylic acids is 1. The largest absolute Gasteiger partial charge is 0.355 e. The molecule has 2 aromatic carbocycles. The summed E-state index contributed by atoms with van der Waals surface area (Å²) in [5, 5.41) is 3.19. The lowest BCUT2D eigenvalue weighted by atomic mass is 9.88. The standard InChI is InChI=1S/C25H32N2O3S/c1-18-8-13-23(19(2)16-18)31(29,30)27-22-11-9-21(10-12-22)25(14-15-25)24(28)26-17-20-6-4-3-5-7-20/h8-13,16,20,27H,3-7,14-15,17H2,1-2H3,(H,26,28). The van der Waals surface area contributed by atoms with E-state index in [2.05, 4.69) is 10.0 Å². The fourth-order valence-corrected chi connectivity index (χ4v) is 6.02. The van der Waals surface area contributed by atoms with E-state index in [0.29, 0.717) is 11.6 Å². The van der Waals surface area contributed by atoms with Crippen LogP contribution < -0.4 is 10.0 Å². The molecule has 5 nitrogen and oxygen atoms in total. The number of hydrogen-bond donors (Lipinski definition) is 2. The zero-order valence-electron chi connectivity index (χ0n) is 18.4. The zero-order valence-corrected chi connectivity index (χ0v) is 19.2.